The summed E-state index contributed by atoms with van der Waals surface area (Å²) >= 11 is 7.21. The van der Waals surface area contributed by atoms with E-state index in [2.05, 4.69) is 9.97 Å². The standard InChI is InChI=1S/C17H13ClN2O2S/c1-11-2-4-12(5-3-11)16-20-14(10-23-16)9-22-17(21)13-6-7-15(18)19-8-13/h2-8,10H,9H2,1H3. The quantitative estimate of drug-likeness (QED) is 0.515. The van der Waals surface area contributed by atoms with E-state index in [-0.39, 0.29) is 6.61 Å². The minimum Gasteiger partial charge on any atom is -0.456 e. The van der Waals surface area contributed by atoms with Crippen molar-refractivity contribution < 1.29 is 9.53 Å². The van der Waals surface area contributed by atoms with E-state index in [1.54, 1.807) is 12.1 Å². The second-order valence-corrected chi connectivity index (χ2v) is 6.20. The highest BCUT2D eigenvalue weighted by atomic mass is 35.5. The Labute approximate surface area is 142 Å². The first-order valence-electron chi connectivity index (χ1n) is 6.92. The van der Waals surface area contributed by atoms with Crippen LogP contribution in [0.5, 0.6) is 0 Å². The number of carbonyl (C=O) groups excluding carboxylic acids is 1. The molecule has 116 valence electrons. The van der Waals surface area contributed by atoms with Gasteiger partial charge in [-0.1, -0.05) is 41.4 Å². The van der Waals surface area contributed by atoms with E-state index < -0.39 is 5.97 Å². The van der Waals surface area contributed by atoms with Crippen LogP contribution in [0.25, 0.3) is 10.6 Å². The van der Waals surface area contributed by atoms with E-state index >= 15 is 0 Å². The molecule has 6 heteroatoms. The number of thiazole rings is 1. The van der Waals surface area contributed by atoms with Gasteiger partial charge in [0.1, 0.15) is 16.8 Å². The molecule has 0 spiro atoms. The Hall–Kier alpha value is -2.24. The maximum Gasteiger partial charge on any atom is 0.340 e. The van der Waals surface area contributed by atoms with Gasteiger partial charge in [0.25, 0.3) is 0 Å². The van der Waals surface area contributed by atoms with Crippen LogP contribution in [0.15, 0.2) is 48.0 Å². The number of halogens is 1. The molecule has 23 heavy (non-hydrogen) atoms. The molecule has 0 fully saturated rings. The Morgan fingerprint density at radius 1 is 1.22 bits per heavy atom. The number of hydrogen-bond donors (Lipinski definition) is 0. The number of pyridine rings is 1. The molecule has 3 aromatic rings. The molecular weight excluding hydrogens is 332 g/mol. The third kappa shape index (κ3) is 3.94. The van der Waals surface area contributed by atoms with Gasteiger partial charge < -0.3 is 4.74 Å². The molecule has 0 amide bonds. The van der Waals surface area contributed by atoms with Crippen molar-refractivity contribution in [2.75, 3.05) is 0 Å². The second-order valence-electron chi connectivity index (χ2n) is 4.96. The van der Waals surface area contributed by atoms with Crippen LogP contribution in [-0.2, 0) is 11.3 Å². The number of nitrogens with zero attached hydrogens (tertiary/aromatic N) is 2. The Bertz CT molecular complexity index is 813. The van der Waals surface area contributed by atoms with Crippen molar-refractivity contribution in [3.05, 3.63) is 69.9 Å². The topological polar surface area (TPSA) is 52.1 Å². The smallest absolute Gasteiger partial charge is 0.340 e. The van der Waals surface area contributed by atoms with Gasteiger partial charge in [0, 0.05) is 17.1 Å². The summed E-state index contributed by atoms with van der Waals surface area (Å²) in [6.07, 6.45) is 1.39. The minimum absolute atomic E-state index is 0.129. The molecule has 0 N–H and O–H groups in total. The van der Waals surface area contributed by atoms with Crippen LogP contribution in [0, 0.1) is 6.92 Å². The molecule has 0 radical (unpaired) electrons. The zero-order valence-corrected chi connectivity index (χ0v) is 13.9. The van der Waals surface area contributed by atoms with Crippen LogP contribution in [0.1, 0.15) is 21.6 Å². The molecule has 0 saturated carbocycles. The van der Waals surface area contributed by atoms with Gasteiger partial charge in [-0.05, 0) is 19.1 Å². The molecule has 3 rings (SSSR count). The van der Waals surface area contributed by atoms with Gasteiger partial charge in [-0.15, -0.1) is 11.3 Å². The van der Waals surface area contributed by atoms with E-state index in [0.29, 0.717) is 10.7 Å². The summed E-state index contributed by atoms with van der Waals surface area (Å²) in [6.45, 7) is 2.17. The molecule has 0 aliphatic rings. The van der Waals surface area contributed by atoms with Crippen molar-refractivity contribution >= 4 is 28.9 Å². The summed E-state index contributed by atoms with van der Waals surface area (Å²) < 4.78 is 5.24. The van der Waals surface area contributed by atoms with E-state index in [4.69, 9.17) is 16.3 Å². The van der Waals surface area contributed by atoms with Crippen molar-refractivity contribution in [1.82, 2.24) is 9.97 Å². The lowest BCUT2D eigenvalue weighted by Crippen LogP contribution is -2.05. The van der Waals surface area contributed by atoms with E-state index in [9.17, 15) is 4.79 Å². The minimum atomic E-state index is -0.445. The molecule has 1 aromatic carbocycles. The zero-order valence-electron chi connectivity index (χ0n) is 12.3. The van der Waals surface area contributed by atoms with E-state index in [1.807, 2.05) is 36.6 Å². The summed E-state index contributed by atoms with van der Waals surface area (Å²) in [4.78, 5) is 20.3. The average Bonchev–Trinajstić information content (AvgIpc) is 3.03. The maximum absolute atomic E-state index is 11.9. The Balaban J connectivity index is 1.64. The predicted molar refractivity (Wildman–Crippen MR) is 90.7 cm³/mol. The summed E-state index contributed by atoms with van der Waals surface area (Å²) in [5.41, 5.74) is 3.35. The fraction of sp³-hybridized carbons (Fsp3) is 0.118. The molecule has 0 aliphatic carbocycles. The molecule has 2 aromatic heterocycles. The third-order valence-electron chi connectivity index (χ3n) is 3.16. The Morgan fingerprint density at radius 3 is 2.70 bits per heavy atom. The summed E-state index contributed by atoms with van der Waals surface area (Å²) in [5.74, 6) is -0.445. The molecule has 0 atom stereocenters. The third-order valence-corrected chi connectivity index (χ3v) is 4.33. The second kappa shape index (κ2) is 6.89. The number of aromatic nitrogens is 2. The first-order chi connectivity index (χ1) is 11.1. The number of benzene rings is 1. The number of esters is 1. The molecule has 0 unspecified atom stereocenters. The largest absolute Gasteiger partial charge is 0.456 e. The maximum atomic E-state index is 11.9. The molecule has 4 nitrogen and oxygen atoms in total. The molecule has 2 heterocycles. The van der Waals surface area contributed by atoms with Crippen LogP contribution in [0.4, 0.5) is 0 Å². The summed E-state index contributed by atoms with van der Waals surface area (Å²) in [5, 5.41) is 3.13. The van der Waals surface area contributed by atoms with Gasteiger partial charge in [0.05, 0.1) is 11.3 Å². The highest BCUT2D eigenvalue weighted by Crippen LogP contribution is 2.24. The Morgan fingerprint density at radius 2 is 2.00 bits per heavy atom. The van der Waals surface area contributed by atoms with Crippen LogP contribution in [0.3, 0.4) is 0 Å². The van der Waals surface area contributed by atoms with Crippen LogP contribution in [-0.4, -0.2) is 15.9 Å². The van der Waals surface area contributed by atoms with Gasteiger partial charge in [0.15, 0.2) is 0 Å². The molecule has 0 aliphatic heterocycles. The lowest BCUT2D eigenvalue weighted by molar-refractivity contribution is 0.0468. The van der Waals surface area contributed by atoms with Crippen molar-refractivity contribution in [3.63, 3.8) is 0 Å². The number of hydrogen-bond acceptors (Lipinski definition) is 5. The summed E-state index contributed by atoms with van der Waals surface area (Å²) in [7, 11) is 0. The highest BCUT2D eigenvalue weighted by molar-refractivity contribution is 7.13. The normalized spacial score (nSPS) is 10.5. The monoisotopic (exact) mass is 344 g/mol. The highest BCUT2D eigenvalue weighted by Gasteiger charge is 2.10. The number of ether oxygens (including phenoxy) is 1. The van der Waals surface area contributed by atoms with E-state index in [1.165, 1.54) is 23.1 Å². The van der Waals surface area contributed by atoms with Gasteiger partial charge in [-0.2, -0.15) is 0 Å². The lowest BCUT2D eigenvalue weighted by atomic mass is 10.2. The van der Waals surface area contributed by atoms with Gasteiger partial charge in [-0.3, -0.25) is 0 Å². The van der Waals surface area contributed by atoms with Crippen LogP contribution >= 0.6 is 22.9 Å². The lowest BCUT2D eigenvalue weighted by Gasteiger charge is -2.02. The molecular formula is C17H13ClN2O2S. The van der Waals surface area contributed by atoms with Gasteiger partial charge >= 0.3 is 5.97 Å². The zero-order chi connectivity index (χ0) is 16.2. The number of aryl methyl sites for hydroxylation is 1. The number of rotatable bonds is 4. The first-order valence-corrected chi connectivity index (χ1v) is 8.18. The SMILES string of the molecule is Cc1ccc(-c2nc(COC(=O)c3ccc(Cl)nc3)cs2)cc1. The van der Waals surface area contributed by atoms with Crippen molar-refractivity contribution in [2.24, 2.45) is 0 Å². The fourth-order valence-corrected chi connectivity index (χ4v) is 2.84. The van der Waals surface area contributed by atoms with Crippen molar-refractivity contribution in [1.29, 1.82) is 0 Å². The van der Waals surface area contributed by atoms with Gasteiger partial charge in [0.2, 0.25) is 0 Å². The van der Waals surface area contributed by atoms with Crippen molar-refractivity contribution in [3.8, 4) is 10.6 Å². The van der Waals surface area contributed by atoms with Crippen LogP contribution in [0.2, 0.25) is 5.15 Å². The number of carbonyl (C=O) groups is 1. The van der Waals surface area contributed by atoms with Crippen molar-refractivity contribution in [2.45, 2.75) is 13.5 Å². The van der Waals surface area contributed by atoms with Crippen LogP contribution < -0.4 is 0 Å². The average molecular weight is 345 g/mol. The first kappa shape index (κ1) is 15.6. The predicted octanol–water partition coefficient (Wildman–Crippen LogP) is 4.52. The fourth-order valence-electron chi connectivity index (χ4n) is 1.92. The van der Waals surface area contributed by atoms with Gasteiger partial charge in [-0.25, -0.2) is 14.8 Å². The Kier molecular flexibility index (Phi) is 4.69. The summed E-state index contributed by atoms with van der Waals surface area (Å²) in [6, 6.07) is 11.3. The molecule has 0 bridgehead atoms. The molecule has 0 saturated heterocycles. The van der Waals surface area contributed by atoms with E-state index in [0.717, 1.165) is 16.3 Å².